The van der Waals surface area contributed by atoms with Crippen LogP contribution in [0.25, 0.3) is 0 Å². The molecule has 1 aromatic heterocycles. The van der Waals surface area contributed by atoms with Crippen LogP contribution < -0.4 is 5.32 Å². The van der Waals surface area contributed by atoms with Crippen LogP contribution in [0, 0.1) is 0 Å². The zero-order valence-electron chi connectivity index (χ0n) is 13.1. The summed E-state index contributed by atoms with van der Waals surface area (Å²) in [6.45, 7) is 10.6. The van der Waals surface area contributed by atoms with Gasteiger partial charge in [-0.2, -0.15) is 0 Å². The van der Waals surface area contributed by atoms with Crippen LogP contribution in [0.2, 0.25) is 0 Å². The average Bonchev–Trinajstić information content (AvgIpc) is 2.74. The molecule has 0 bridgehead atoms. The molecular weight excluding hydrogens is 240 g/mol. The summed E-state index contributed by atoms with van der Waals surface area (Å²) in [4.78, 5) is 2.16. The molecule has 1 N–H and O–H groups in total. The first kappa shape index (κ1) is 16.2. The highest BCUT2D eigenvalue weighted by Crippen LogP contribution is 2.13. The highest BCUT2D eigenvalue weighted by molar-refractivity contribution is 5.12. The lowest BCUT2D eigenvalue weighted by Crippen LogP contribution is -2.42. The molecule has 4 heteroatoms. The number of ether oxygens (including phenoxy) is 1. The molecule has 0 atom stereocenters. The Kier molecular flexibility index (Phi) is 6.04. The van der Waals surface area contributed by atoms with E-state index in [1.54, 1.807) is 6.26 Å². The Hall–Kier alpha value is -0.840. The van der Waals surface area contributed by atoms with E-state index >= 15 is 0 Å². The number of hydrogen-bond donors (Lipinski definition) is 1. The molecular formula is C15H28N2O2. The summed E-state index contributed by atoms with van der Waals surface area (Å²) in [5.74, 6) is 0.884. The van der Waals surface area contributed by atoms with Crippen LogP contribution in [0.15, 0.2) is 16.7 Å². The van der Waals surface area contributed by atoms with Crippen LogP contribution >= 0.6 is 0 Å². The Morgan fingerprint density at radius 3 is 2.63 bits per heavy atom. The van der Waals surface area contributed by atoms with E-state index in [1.165, 1.54) is 5.56 Å². The van der Waals surface area contributed by atoms with Crippen molar-refractivity contribution in [3.05, 3.63) is 23.7 Å². The summed E-state index contributed by atoms with van der Waals surface area (Å²) >= 11 is 0. The predicted octanol–water partition coefficient (Wildman–Crippen LogP) is 2.63. The number of nitrogens with one attached hydrogen (secondary N) is 1. The molecule has 19 heavy (non-hydrogen) atoms. The molecule has 0 aliphatic carbocycles. The van der Waals surface area contributed by atoms with Crippen molar-refractivity contribution in [2.75, 3.05) is 20.7 Å². The van der Waals surface area contributed by atoms with Crippen LogP contribution in [-0.4, -0.2) is 37.2 Å². The first-order chi connectivity index (χ1) is 8.81. The SMILES string of the molecule is CC(C)NCc1coc(COCC(C)(C)N(C)C)c1. The molecule has 0 unspecified atom stereocenters. The minimum atomic E-state index is 0.0363. The van der Waals surface area contributed by atoms with Crippen LogP contribution in [0.4, 0.5) is 0 Å². The molecule has 0 amide bonds. The van der Waals surface area contributed by atoms with Crippen molar-refractivity contribution < 1.29 is 9.15 Å². The second kappa shape index (κ2) is 7.08. The van der Waals surface area contributed by atoms with Crippen LogP contribution in [0.1, 0.15) is 39.0 Å². The molecule has 4 nitrogen and oxygen atoms in total. The molecule has 0 saturated carbocycles. The normalized spacial score (nSPS) is 12.6. The van der Waals surface area contributed by atoms with Gasteiger partial charge in [0, 0.05) is 23.7 Å². The Morgan fingerprint density at radius 1 is 1.37 bits per heavy atom. The van der Waals surface area contributed by atoms with Crippen LogP contribution in [-0.2, 0) is 17.9 Å². The lowest BCUT2D eigenvalue weighted by Gasteiger charge is -2.31. The van der Waals surface area contributed by atoms with E-state index in [2.05, 4.69) is 58.1 Å². The van der Waals surface area contributed by atoms with Gasteiger partial charge in [-0.3, -0.25) is 0 Å². The van der Waals surface area contributed by atoms with Crippen LogP contribution in [0.3, 0.4) is 0 Å². The maximum Gasteiger partial charge on any atom is 0.129 e. The van der Waals surface area contributed by atoms with E-state index in [9.17, 15) is 0 Å². The number of nitrogens with zero attached hydrogens (tertiary/aromatic N) is 1. The standard InChI is InChI=1S/C15H28N2O2/c1-12(2)16-8-13-7-14(19-9-13)10-18-11-15(3,4)17(5)6/h7,9,12,16H,8,10-11H2,1-6H3. The molecule has 0 radical (unpaired) electrons. The predicted molar refractivity (Wildman–Crippen MR) is 78.1 cm³/mol. The summed E-state index contributed by atoms with van der Waals surface area (Å²) in [5.41, 5.74) is 1.20. The first-order valence-electron chi connectivity index (χ1n) is 6.86. The molecule has 110 valence electrons. The quantitative estimate of drug-likeness (QED) is 0.786. The zero-order valence-corrected chi connectivity index (χ0v) is 13.1. The van der Waals surface area contributed by atoms with E-state index in [-0.39, 0.29) is 5.54 Å². The fraction of sp³-hybridized carbons (Fsp3) is 0.733. The Labute approximate surface area is 117 Å². The largest absolute Gasteiger partial charge is 0.467 e. The second-order valence-corrected chi connectivity index (χ2v) is 6.16. The van der Waals surface area contributed by atoms with Gasteiger partial charge in [0.1, 0.15) is 12.4 Å². The summed E-state index contributed by atoms with van der Waals surface area (Å²) in [5, 5.41) is 3.36. The van der Waals surface area contributed by atoms with Gasteiger partial charge in [0.15, 0.2) is 0 Å². The Morgan fingerprint density at radius 2 is 2.05 bits per heavy atom. The molecule has 0 aromatic carbocycles. The summed E-state index contributed by atoms with van der Waals surface area (Å²) < 4.78 is 11.2. The van der Waals surface area contributed by atoms with Gasteiger partial charge in [-0.1, -0.05) is 13.8 Å². The smallest absolute Gasteiger partial charge is 0.129 e. The van der Waals surface area contributed by atoms with Crippen molar-refractivity contribution in [1.29, 1.82) is 0 Å². The molecule has 0 fully saturated rings. The van der Waals surface area contributed by atoms with Gasteiger partial charge in [0.2, 0.25) is 0 Å². The van der Waals surface area contributed by atoms with Gasteiger partial charge in [-0.05, 0) is 34.0 Å². The number of furan rings is 1. The number of hydrogen-bond acceptors (Lipinski definition) is 4. The summed E-state index contributed by atoms with van der Waals surface area (Å²) in [7, 11) is 4.12. The second-order valence-electron chi connectivity index (χ2n) is 6.16. The van der Waals surface area contributed by atoms with Crippen molar-refractivity contribution >= 4 is 0 Å². The van der Waals surface area contributed by atoms with Crippen molar-refractivity contribution in [2.24, 2.45) is 0 Å². The third kappa shape index (κ3) is 5.76. The van der Waals surface area contributed by atoms with Gasteiger partial charge in [0.25, 0.3) is 0 Å². The van der Waals surface area contributed by atoms with E-state index in [0.29, 0.717) is 19.3 Å². The Balaban J connectivity index is 2.34. The van der Waals surface area contributed by atoms with Gasteiger partial charge in [-0.25, -0.2) is 0 Å². The molecule has 1 heterocycles. The fourth-order valence-corrected chi connectivity index (χ4v) is 1.45. The monoisotopic (exact) mass is 268 g/mol. The first-order valence-corrected chi connectivity index (χ1v) is 6.86. The lowest BCUT2D eigenvalue weighted by atomic mass is 10.1. The number of rotatable bonds is 8. The van der Waals surface area contributed by atoms with Gasteiger partial charge < -0.3 is 19.4 Å². The van der Waals surface area contributed by atoms with Crippen molar-refractivity contribution in [3.63, 3.8) is 0 Å². The number of likely N-dealkylation sites (N-methyl/N-ethyl adjacent to an activating group) is 1. The van der Waals surface area contributed by atoms with Crippen molar-refractivity contribution in [2.45, 2.75) is 52.4 Å². The maximum absolute atomic E-state index is 5.73. The molecule has 1 rings (SSSR count). The van der Waals surface area contributed by atoms with E-state index < -0.39 is 0 Å². The minimum absolute atomic E-state index is 0.0363. The summed E-state index contributed by atoms with van der Waals surface area (Å²) in [6.07, 6.45) is 1.80. The highest BCUT2D eigenvalue weighted by atomic mass is 16.5. The maximum atomic E-state index is 5.73. The van der Waals surface area contributed by atoms with Gasteiger partial charge in [0.05, 0.1) is 12.9 Å². The van der Waals surface area contributed by atoms with Crippen molar-refractivity contribution in [3.8, 4) is 0 Å². The van der Waals surface area contributed by atoms with Crippen LogP contribution in [0.5, 0.6) is 0 Å². The average molecular weight is 268 g/mol. The van der Waals surface area contributed by atoms with Gasteiger partial charge >= 0.3 is 0 Å². The molecule has 0 saturated heterocycles. The minimum Gasteiger partial charge on any atom is -0.467 e. The molecule has 0 aliphatic rings. The highest BCUT2D eigenvalue weighted by Gasteiger charge is 2.20. The summed E-state index contributed by atoms with van der Waals surface area (Å²) in [6, 6.07) is 2.54. The fourth-order valence-electron chi connectivity index (χ4n) is 1.45. The molecule has 0 aliphatic heterocycles. The molecule has 0 spiro atoms. The third-order valence-corrected chi connectivity index (χ3v) is 3.33. The van der Waals surface area contributed by atoms with E-state index in [1.807, 2.05) is 0 Å². The van der Waals surface area contributed by atoms with E-state index in [4.69, 9.17) is 9.15 Å². The Bertz CT molecular complexity index is 370. The van der Waals surface area contributed by atoms with Crippen molar-refractivity contribution in [1.82, 2.24) is 10.2 Å². The van der Waals surface area contributed by atoms with Gasteiger partial charge in [-0.15, -0.1) is 0 Å². The topological polar surface area (TPSA) is 37.6 Å². The zero-order chi connectivity index (χ0) is 14.5. The van der Waals surface area contributed by atoms with E-state index in [0.717, 1.165) is 12.3 Å². The lowest BCUT2D eigenvalue weighted by molar-refractivity contribution is 0.0209. The molecule has 1 aromatic rings. The third-order valence-electron chi connectivity index (χ3n) is 3.33.